The van der Waals surface area contributed by atoms with E-state index in [2.05, 4.69) is 6.58 Å². The Labute approximate surface area is 83.5 Å². The minimum Gasteiger partial charge on any atom is -0.423 e. The molecule has 0 heterocycles. The van der Waals surface area contributed by atoms with Crippen molar-refractivity contribution in [1.82, 2.24) is 0 Å². The topological polar surface area (TPSA) is 60.7 Å². The summed E-state index contributed by atoms with van der Waals surface area (Å²) in [6, 6.07) is 6.49. The molecule has 74 valence electrons. The highest BCUT2D eigenvalue weighted by Gasteiger charge is 2.11. The molecule has 0 aliphatic heterocycles. The van der Waals surface area contributed by atoms with Crippen LogP contribution in [0.25, 0.3) is 0 Å². The second-order valence-corrected chi connectivity index (χ2v) is 3.08. The van der Waals surface area contributed by atoms with E-state index in [1.807, 2.05) is 0 Å². The molecule has 0 bridgehead atoms. The summed E-state index contributed by atoms with van der Waals surface area (Å²) in [4.78, 5) is 0. The maximum Gasteiger partial charge on any atom is 0.488 e. The first-order valence-corrected chi connectivity index (χ1v) is 4.40. The molecular weight excluding hydrogens is 179 g/mol. The first-order valence-electron chi connectivity index (χ1n) is 4.40. The van der Waals surface area contributed by atoms with Gasteiger partial charge >= 0.3 is 7.12 Å². The molecule has 0 spiro atoms. The van der Waals surface area contributed by atoms with Crippen LogP contribution in [-0.2, 0) is 0 Å². The highest BCUT2D eigenvalue weighted by Crippen LogP contribution is 2.15. The number of benzene rings is 1. The van der Waals surface area contributed by atoms with E-state index in [0.717, 1.165) is 5.56 Å². The van der Waals surface area contributed by atoms with E-state index in [1.54, 1.807) is 30.3 Å². The van der Waals surface area contributed by atoms with E-state index in [1.165, 1.54) is 0 Å². The number of rotatable bonds is 4. The van der Waals surface area contributed by atoms with Crippen LogP contribution < -0.4 is 5.46 Å². The predicted molar refractivity (Wildman–Crippen MR) is 56.0 cm³/mol. The lowest BCUT2D eigenvalue weighted by molar-refractivity contribution is 0.181. The van der Waals surface area contributed by atoms with Crippen LogP contribution in [0.3, 0.4) is 0 Å². The summed E-state index contributed by atoms with van der Waals surface area (Å²) in [5.41, 5.74) is 1.16. The fourth-order valence-electron chi connectivity index (χ4n) is 1.18. The lowest BCUT2D eigenvalue weighted by Gasteiger charge is -2.08. The molecule has 0 saturated heterocycles. The van der Waals surface area contributed by atoms with Gasteiger partial charge in [-0.05, 0) is 17.4 Å². The summed E-state index contributed by atoms with van der Waals surface area (Å²) in [5.74, 6) is 0. The molecule has 14 heavy (non-hydrogen) atoms. The van der Waals surface area contributed by atoms with Gasteiger partial charge in [0, 0.05) is 0 Å². The van der Waals surface area contributed by atoms with Crippen molar-refractivity contribution in [3.63, 3.8) is 0 Å². The zero-order valence-electron chi connectivity index (χ0n) is 7.80. The monoisotopic (exact) mass is 192 g/mol. The standard InChI is InChI=1S/C10H13BO3/c1-2-3-10(12)8-4-6-9(7-5-8)11(13)14/h2,4-7,10,12-14H,1,3H2. The van der Waals surface area contributed by atoms with Crippen LogP contribution in [0.4, 0.5) is 0 Å². The van der Waals surface area contributed by atoms with Gasteiger partial charge in [-0.15, -0.1) is 6.58 Å². The maximum atomic E-state index is 9.55. The SMILES string of the molecule is C=CCC(O)c1ccc(B(O)O)cc1. The minimum atomic E-state index is -1.46. The second kappa shape index (κ2) is 4.95. The highest BCUT2D eigenvalue weighted by atomic mass is 16.4. The molecule has 3 nitrogen and oxygen atoms in total. The Bertz CT molecular complexity index is 295. The van der Waals surface area contributed by atoms with E-state index in [-0.39, 0.29) is 0 Å². The second-order valence-electron chi connectivity index (χ2n) is 3.08. The Hall–Kier alpha value is -1.10. The number of aliphatic hydroxyl groups is 1. The molecule has 1 atom stereocenters. The van der Waals surface area contributed by atoms with Crippen molar-refractivity contribution >= 4 is 12.6 Å². The van der Waals surface area contributed by atoms with Crippen molar-refractivity contribution in [3.8, 4) is 0 Å². The summed E-state index contributed by atoms with van der Waals surface area (Å²) < 4.78 is 0. The molecule has 1 aromatic carbocycles. The molecule has 0 aliphatic rings. The Morgan fingerprint density at radius 2 is 1.86 bits per heavy atom. The fraction of sp³-hybridized carbons (Fsp3) is 0.200. The zero-order valence-corrected chi connectivity index (χ0v) is 7.80. The first-order chi connectivity index (χ1) is 6.65. The van der Waals surface area contributed by atoms with Crippen molar-refractivity contribution in [1.29, 1.82) is 0 Å². The third kappa shape index (κ3) is 2.70. The molecular formula is C10H13BO3. The highest BCUT2D eigenvalue weighted by molar-refractivity contribution is 6.58. The van der Waals surface area contributed by atoms with Crippen LogP contribution >= 0.6 is 0 Å². The van der Waals surface area contributed by atoms with Gasteiger partial charge in [-0.1, -0.05) is 30.3 Å². The third-order valence-electron chi connectivity index (χ3n) is 2.01. The predicted octanol–water partition coefficient (Wildman–Crippen LogP) is -0.0241. The minimum absolute atomic E-state index is 0.416. The summed E-state index contributed by atoms with van der Waals surface area (Å²) >= 11 is 0. The Kier molecular flexibility index (Phi) is 3.89. The van der Waals surface area contributed by atoms with Crippen LogP contribution in [0.1, 0.15) is 18.1 Å². The molecule has 3 N–H and O–H groups in total. The van der Waals surface area contributed by atoms with Gasteiger partial charge in [0.2, 0.25) is 0 Å². The number of hydrogen-bond acceptors (Lipinski definition) is 3. The largest absolute Gasteiger partial charge is 0.488 e. The first kappa shape index (κ1) is 11.0. The third-order valence-corrected chi connectivity index (χ3v) is 2.01. The maximum absolute atomic E-state index is 9.55. The van der Waals surface area contributed by atoms with Gasteiger partial charge in [0.25, 0.3) is 0 Å². The van der Waals surface area contributed by atoms with Crippen LogP contribution in [0, 0.1) is 0 Å². The molecule has 0 amide bonds. The van der Waals surface area contributed by atoms with Gasteiger partial charge in [0.05, 0.1) is 6.10 Å². The average Bonchev–Trinajstić information content (AvgIpc) is 2.18. The van der Waals surface area contributed by atoms with Crippen LogP contribution in [0.15, 0.2) is 36.9 Å². The molecule has 1 unspecified atom stereocenters. The van der Waals surface area contributed by atoms with Crippen molar-refractivity contribution in [2.45, 2.75) is 12.5 Å². The average molecular weight is 192 g/mol. The van der Waals surface area contributed by atoms with Crippen LogP contribution in [0.5, 0.6) is 0 Å². The molecule has 1 rings (SSSR count). The van der Waals surface area contributed by atoms with Gasteiger partial charge in [0.15, 0.2) is 0 Å². The van der Waals surface area contributed by atoms with E-state index >= 15 is 0 Å². The van der Waals surface area contributed by atoms with Gasteiger partial charge < -0.3 is 15.2 Å². The Balaban J connectivity index is 2.77. The van der Waals surface area contributed by atoms with E-state index in [9.17, 15) is 5.11 Å². The summed E-state index contributed by atoms with van der Waals surface area (Å²) in [6.45, 7) is 3.53. The van der Waals surface area contributed by atoms with Gasteiger partial charge in [0.1, 0.15) is 0 Å². The van der Waals surface area contributed by atoms with E-state index in [4.69, 9.17) is 10.0 Å². The summed E-state index contributed by atoms with van der Waals surface area (Å²) in [7, 11) is -1.46. The summed E-state index contributed by atoms with van der Waals surface area (Å²) in [6.07, 6.45) is 1.55. The Morgan fingerprint density at radius 1 is 1.29 bits per heavy atom. The van der Waals surface area contributed by atoms with Crippen LogP contribution in [0.2, 0.25) is 0 Å². The van der Waals surface area contributed by atoms with Gasteiger partial charge in [-0.25, -0.2) is 0 Å². The molecule has 0 aromatic heterocycles. The Morgan fingerprint density at radius 3 is 2.29 bits per heavy atom. The van der Waals surface area contributed by atoms with E-state index in [0.29, 0.717) is 11.9 Å². The molecule has 0 saturated carbocycles. The van der Waals surface area contributed by atoms with Crippen LogP contribution in [-0.4, -0.2) is 22.3 Å². The zero-order chi connectivity index (χ0) is 10.6. The number of hydrogen-bond donors (Lipinski definition) is 3. The molecule has 0 radical (unpaired) electrons. The smallest absolute Gasteiger partial charge is 0.423 e. The normalized spacial score (nSPS) is 12.2. The van der Waals surface area contributed by atoms with Crippen molar-refractivity contribution in [2.75, 3.05) is 0 Å². The van der Waals surface area contributed by atoms with Gasteiger partial charge in [-0.2, -0.15) is 0 Å². The van der Waals surface area contributed by atoms with Gasteiger partial charge in [-0.3, -0.25) is 0 Å². The molecule has 0 aliphatic carbocycles. The van der Waals surface area contributed by atoms with E-state index < -0.39 is 13.2 Å². The summed E-state index contributed by atoms with van der Waals surface area (Å²) in [5, 5.41) is 27.2. The van der Waals surface area contributed by atoms with Crippen molar-refractivity contribution in [2.24, 2.45) is 0 Å². The van der Waals surface area contributed by atoms with Crippen molar-refractivity contribution < 1.29 is 15.2 Å². The quantitative estimate of drug-likeness (QED) is 0.464. The molecule has 1 aromatic rings. The van der Waals surface area contributed by atoms with Crippen molar-refractivity contribution in [3.05, 3.63) is 42.5 Å². The number of aliphatic hydroxyl groups excluding tert-OH is 1. The lowest BCUT2D eigenvalue weighted by atomic mass is 9.80. The lowest BCUT2D eigenvalue weighted by Crippen LogP contribution is -2.29. The fourth-order valence-corrected chi connectivity index (χ4v) is 1.18. The molecule has 0 fully saturated rings. The molecule has 4 heteroatoms.